The van der Waals surface area contributed by atoms with Crippen molar-refractivity contribution in [1.82, 2.24) is 0 Å². The summed E-state index contributed by atoms with van der Waals surface area (Å²) in [5.74, 6) is 0. The van der Waals surface area contributed by atoms with Crippen molar-refractivity contribution in [3.8, 4) is 0 Å². The average Bonchev–Trinajstić information content (AvgIpc) is 2.54. The second-order valence-corrected chi connectivity index (χ2v) is 5.21. The number of hydrazone groups is 1. The Kier molecular flexibility index (Phi) is 3.67. The molecule has 0 aliphatic heterocycles. The van der Waals surface area contributed by atoms with Crippen LogP contribution in [0.1, 0.15) is 16.5 Å². The fraction of sp³-hybridized carbons (Fsp3) is 0.0714. The fourth-order valence-corrected chi connectivity index (χ4v) is 2.63. The first-order valence-corrected chi connectivity index (χ1v) is 6.92. The summed E-state index contributed by atoms with van der Waals surface area (Å²) in [6, 6.07) is 10.7. The lowest BCUT2D eigenvalue weighted by atomic mass is 9.86. The lowest BCUT2D eigenvalue weighted by Gasteiger charge is -2.26. The highest BCUT2D eigenvalue weighted by Gasteiger charge is 2.32. The van der Waals surface area contributed by atoms with Gasteiger partial charge in [-0.2, -0.15) is 5.10 Å². The van der Waals surface area contributed by atoms with Crippen molar-refractivity contribution in [3.63, 3.8) is 0 Å². The molecule has 2 aromatic rings. The molecule has 1 aliphatic rings. The first kappa shape index (κ1) is 14.9. The number of nitrogens with one attached hydrogen (secondary N) is 1. The first-order chi connectivity index (χ1) is 11.0. The predicted molar refractivity (Wildman–Crippen MR) is 84.9 cm³/mol. The number of nitrogens with zero attached hydrogens (tertiary/aromatic N) is 3. The molecule has 1 aliphatic carbocycles. The molecule has 0 heterocycles. The fourth-order valence-electron chi connectivity index (χ4n) is 2.27. The van der Waals surface area contributed by atoms with Gasteiger partial charge in [0.25, 0.3) is 5.69 Å². The molecule has 0 fully saturated rings. The van der Waals surface area contributed by atoms with Crippen molar-refractivity contribution in [3.05, 3.63) is 73.8 Å². The third-order valence-electron chi connectivity index (χ3n) is 3.44. The van der Waals surface area contributed by atoms with Crippen molar-refractivity contribution in [1.29, 1.82) is 0 Å². The third-order valence-corrected chi connectivity index (χ3v) is 3.88. The van der Waals surface area contributed by atoms with E-state index >= 15 is 0 Å². The summed E-state index contributed by atoms with van der Waals surface area (Å²) in [5, 5.41) is 25.5. The van der Waals surface area contributed by atoms with Crippen LogP contribution in [-0.4, -0.2) is 15.6 Å². The molecule has 0 radical (unpaired) electrons. The monoisotopic (exact) mass is 332 g/mol. The standard InChI is InChI=1S/C14H9ClN4O4/c15-13-9-3-1-2-4-10(9)14(13)17-16-11-6-5-8(18(20)21)7-12(11)19(22)23/h1-7,13,16H/b17-14+/t13-/m0/s1. The van der Waals surface area contributed by atoms with Crippen LogP contribution in [0.3, 0.4) is 0 Å². The Morgan fingerprint density at radius 3 is 2.52 bits per heavy atom. The summed E-state index contributed by atoms with van der Waals surface area (Å²) in [7, 11) is 0. The van der Waals surface area contributed by atoms with Gasteiger partial charge in [-0.05, 0) is 11.6 Å². The number of rotatable bonds is 4. The number of non-ortho nitro benzene ring substituents is 1. The minimum absolute atomic E-state index is 0.0568. The number of benzene rings is 2. The molecule has 1 N–H and O–H groups in total. The molecular weight excluding hydrogens is 324 g/mol. The Labute approximate surface area is 134 Å². The molecule has 0 saturated carbocycles. The van der Waals surface area contributed by atoms with Crippen molar-refractivity contribution in [2.45, 2.75) is 5.38 Å². The Morgan fingerprint density at radius 1 is 1.09 bits per heavy atom. The van der Waals surface area contributed by atoms with E-state index in [2.05, 4.69) is 10.5 Å². The van der Waals surface area contributed by atoms with E-state index < -0.39 is 20.9 Å². The molecule has 0 unspecified atom stereocenters. The first-order valence-electron chi connectivity index (χ1n) is 6.49. The maximum Gasteiger partial charge on any atom is 0.301 e. The third kappa shape index (κ3) is 2.59. The van der Waals surface area contributed by atoms with Crippen LogP contribution in [0.4, 0.5) is 17.1 Å². The van der Waals surface area contributed by atoms with Crippen molar-refractivity contribution in [2.24, 2.45) is 5.10 Å². The maximum atomic E-state index is 11.1. The molecule has 23 heavy (non-hydrogen) atoms. The quantitative estimate of drug-likeness (QED) is 0.522. The normalized spacial score (nSPS) is 17.3. The average molecular weight is 333 g/mol. The van der Waals surface area contributed by atoms with Crippen LogP contribution in [0.15, 0.2) is 47.6 Å². The van der Waals surface area contributed by atoms with Gasteiger partial charge in [0.2, 0.25) is 0 Å². The summed E-state index contributed by atoms with van der Waals surface area (Å²) in [6.07, 6.45) is 0. The molecule has 2 aromatic carbocycles. The molecule has 0 amide bonds. The molecule has 1 atom stereocenters. The van der Waals surface area contributed by atoms with Gasteiger partial charge >= 0.3 is 5.69 Å². The number of alkyl halides is 1. The van der Waals surface area contributed by atoms with Crippen molar-refractivity contribution < 1.29 is 9.85 Å². The Bertz CT molecular complexity index is 852. The number of halogens is 1. The molecule has 0 spiro atoms. The predicted octanol–water partition coefficient (Wildman–Crippen LogP) is 3.61. The number of hydrogen-bond donors (Lipinski definition) is 1. The zero-order chi connectivity index (χ0) is 16.6. The van der Waals surface area contributed by atoms with Crippen molar-refractivity contribution >= 4 is 34.4 Å². The van der Waals surface area contributed by atoms with Gasteiger partial charge in [0.05, 0.1) is 21.6 Å². The van der Waals surface area contributed by atoms with Crippen LogP contribution in [-0.2, 0) is 0 Å². The minimum atomic E-state index is -0.706. The van der Waals surface area contributed by atoms with E-state index in [1.807, 2.05) is 24.3 Å². The van der Waals surface area contributed by atoms with Gasteiger partial charge in [-0.15, -0.1) is 11.6 Å². The topological polar surface area (TPSA) is 111 Å². The van der Waals surface area contributed by atoms with E-state index in [-0.39, 0.29) is 11.4 Å². The van der Waals surface area contributed by atoms with Crippen LogP contribution < -0.4 is 5.43 Å². The molecule has 3 rings (SSSR count). The highest BCUT2D eigenvalue weighted by molar-refractivity contribution is 6.40. The molecule has 0 saturated heterocycles. The van der Waals surface area contributed by atoms with Gasteiger partial charge in [0, 0.05) is 11.6 Å². The summed E-state index contributed by atoms with van der Waals surface area (Å²) in [5.41, 5.74) is 4.21. The molecular formula is C14H9ClN4O4. The molecule has 0 bridgehead atoms. The second-order valence-electron chi connectivity index (χ2n) is 4.77. The van der Waals surface area contributed by atoms with Crippen LogP contribution in [0.25, 0.3) is 0 Å². The van der Waals surface area contributed by atoms with E-state index in [1.165, 1.54) is 12.1 Å². The Morgan fingerprint density at radius 2 is 1.83 bits per heavy atom. The zero-order valence-corrected chi connectivity index (χ0v) is 12.2. The summed E-state index contributed by atoms with van der Waals surface area (Å²) in [4.78, 5) is 20.4. The largest absolute Gasteiger partial charge is 0.301 e. The van der Waals surface area contributed by atoms with Gasteiger partial charge < -0.3 is 0 Å². The number of anilines is 1. The Hall–Kier alpha value is -3.00. The number of nitro groups is 2. The SMILES string of the molecule is O=[N+]([O-])c1ccc(N/N=C2\c3ccccc3[C@@H]2Cl)c([N+](=O)[O-])c1. The van der Waals surface area contributed by atoms with Gasteiger partial charge in [-0.3, -0.25) is 25.7 Å². The highest BCUT2D eigenvalue weighted by atomic mass is 35.5. The molecule has 0 aromatic heterocycles. The van der Waals surface area contributed by atoms with E-state index in [4.69, 9.17) is 11.6 Å². The second kappa shape index (κ2) is 5.65. The summed E-state index contributed by atoms with van der Waals surface area (Å²) < 4.78 is 0. The smallest absolute Gasteiger partial charge is 0.271 e. The highest BCUT2D eigenvalue weighted by Crippen LogP contribution is 2.39. The number of nitro benzene ring substituents is 2. The molecule has 8 nitrogen and oxygen atoms in total. The maximum absolute atomic E-state index is 11.1. The van der Waals surface area contributed by atoms with Crippen LogP contribution in [0.2, 0.25) is 0 Å². The zero-order valence-electron chi connectivity index (χ0n) is 11.5. The summed E-state index contributed by atoms with van der Waals surface area (Å²) in [6.45, 7) is 0. The van der Waals surface area contributed by atoms with E-state index in [1.54, 1.807) is 0 Å². The van der Waals surface area contributed by atoms with Gasteiger partial charge in [-0.25, -0.2) is 0 Å². The van der Waals surface area contributed by atoms with E-state index in [0.717, 1.165) is 17.2 Å². The lowest BCUT2D eigenvalue weighted by molar-refractivity contribution is -0.393. The van der Waals surface area contributed by atoms with Gasteiger partial charge in [0.15, 0.2) is 0 Å². The van der Waals surface area contributed by atoms with Crippen LogP contribution in [0, 0.1) is 20.2 Å². The number of fused-ring (bicyclic) bond motifs is 1. The molecule has 116 valence electrons. The van der Waals surface area contributed by atoms with E-state index in [9.17, 15) is 20.2 Å². The van der Waals surface area contributed by atoms with Crippen LogP contribution in [0.5, 0.6) is 0 Å². The summed E-state index contributed by atoms with van der Waals surface area (Å²) >= 11 is 6.19. The van der Waals surface area contributed by atoms with Gasteiger partial charge in [-0.1, -0.05) is 24.3 Å². The molecule has 9 heteroatoms. The van der Waals surface area contributed by atoms with Crippen LogP contribution >= 0.6 is 11.6 Å². The van der Waals surface area contributed by atoms with Gasteiger partial charge in [0.1, 0.15) is 11.1 Å². The Balaban J connectivity index is 1.91. The van der Waals surface area contributed by atoms with E-state index in [0.29, 0.717) is 5.71 Å². The minimum Gasteiger partial charge on any atom is -0.271 e. The number of hydrogen-bond acceptors (Lipinski definition) is 6. The lowest BCUT2D eigenvalue weighted by Crippen LogP contribution is -2.24. The van der Waals surface area contributed by atoms with Crippen molar-refractivity contribution in [2.75, 3.05) is 5.43 Å².